The Morgan fingerprint density at radius 2 is 1.83 bits per heavy atom. The van der Waals surface area contributed by atoms with Crippen LogP contribution >= 0.6 is 15.9 Å². The standard InChI is InChI=1S/C25H39BrO3/c1-15(5-8-23(28)29-4)18-6-7-19-17-14-22(27)21-13-16(26)9-11-25(21,3)20(17)10-12-24(18,19)2/h15-21H,5-14H2,1-4H3/t15-,16+,17+,18-,19+,20+,21-,24-,25-/m1/s1. The van der Waals surface area contributed by atoms with Gasteiger partial charge in [-0.3, -0.25) is 9.59 Å². The Kier molecular flexibility index (Phi) is 5.99. The Morgan fingerprint density at radius 1 is 1.14 bits per heavy atom. The quantitative estimate of drug-likeness (QED) is 0.367. The Balaban J connectivity index is 1.52. The second-order valence-corrected chi connectivity index (χ2v) is 12.6. The molecule has 0 aliphatic heterocycles. The molecule has 0 bridgehead atoms. The number of esters is 1. The Morgan fingerprint density at radius 3 is 2.55 bits per heavy atom. The predicted molar refractivity (Wildman–Crippen MR) is 119 cm³/mol. The average Bonchev–Trinajstić information content (AvgIpc) is 3.05. The van der Waals surface area contributed by atoms with Gasteiger partial charge in [0, 0.05) is 23.6 Å². The molecule has 0 spiro atoms. The maximum atomic E-state index is 13.3. The number of fused-ring (bicyclic) bond motifs is 5. The molecule has 164 valence electrons. The number of carbonyl (C=O) groups is 2. The lowest BCUT2D eigenvalue weighted by molar-refractivity contribution is -0.154. The van der Waals surface area contributed by atoms with Gasteiger partial charge >= 0.3 is 5.97 Å². The van der Waals surface area contributed by atoms with Crippen molar-refractivity contribution in [3.63, 3.8) is 0 Å². The van der Waals surface area contributed by atoms with Crippen LogP contribution in [0.5, 0.6) is 0 Å². The Labute approximate surface area is 185 Å². The first-order valence-corrected chi connectivity index (χ1v) is 12.9. The number of rotatable bonds is 4. The van der Waals surface area contributed by atoms with Crippen LogP contribution in [-0.2, 0) is 14.3 Å². The van der Waals surface area contributed by atoms with Gasteiger partial charge in [0.05, 0.1) is 7.11 Å². The van der Waals surface area contributed by atoms with Crippen LogP contribution in [0.2, 0.25) is 0 Å². The minimum absolute atomic E-state index is 0.0838. The number of alkyl halides is 1. The highest BCUT2D eigenvalue weighted by Crippen LogP contribution is 2.68. The molecule has 4 saturated carbocycles. The summed E-state index contributed by atoms with van der Waals surface area (Å²) >= 11 is 3.81. The van der Waals surface area contributed by atoms with Crippen molar-refractivity contribution in [3.05, 3.63) is 0 Å². The van der Waals surface area contributed by atoms with Crippen molar-refractivity contribution in [2.75, 3.05) is 7.11 Å². The molecule has 0 amide bonds. The average molecular weight is 467 g/mol. The number of methoxy groups -OCH3 is 1. The molecule has 9 atom stereocenters. The van der Waals surface area contributed by atoms with E-state index in [2.05, 4.69) is 36.7 Å². The van der Waals surface area contributed by atoms with Crippen LogP contribution in [0.4, 0.5) is 0 Å². The van der Waals surface area contributed by atoms with Crippen molar-refractivity contribution in [2.45, 2.75) is 89.8 Å². The maximum Gasteiger partial charge on any atom is 0.305 e. The minimum atomic E-state index is -0.0838. The van der Waals surface area contributed by atoms with E-state index in [0.29, 0.717) is 46.1 Å². The molecule has 0 unspecified atom stereocenters. The van der Waals surface area contributed by atoms with E-state index >= 15 is 0 Å². The molecule has 4 fully saturated rings. The van der Waals surface area contributed by atoms with Gasteiger partial charge in [-0.2, -0.15) is 0 Å². The molecule has 0 aromatic heterocycles. The van der Waals surface area contributed by atoms with Crippen molar-refractivity contribution < 1.29 is 14.3 Å². The zero-order valence-electron chi connectivity index (χ0n) is 18.7. The van der Waals surface area contributed by atoms with Gasteiger partial charge in [-0.1, -0.05) is 36.7 Å². The van der Waals surface area contributed by atoms with E-state index in [0.717, 1.165) is 25.2 Å². The summed E-state index contributed by atoms with van der Waals surface area (Å²) in [5.41, 5.74) is 0.562. The zero-order chi connectivity index (χ0) is 21.0. The molecule has 4 aliphatic carbocycles. The first-order valence-electron chi connectivity index (χ1n) is 11.9. The SMILES string of the molecule is COC(=O)CC[C@@H](C)[C@H]1CC[C@H]2[C@@H]3CC(=O)[C@H]4C[C@@H](Br)CC[C@]4(C)[C@H]3CC[C@]12C. The smallest absolute Gasteiger partial charge is 0.305 e. The summed E-state index contributed by atoms with van der Waals surface area (Å²) in [6, 6.07) is 0. The summed E-state index contributed by atoms with van der Waals surface area (Å²) in [5.74, 6) is 3.99. The molecule has 4 rings (SSSR count). The zero-order valence-corrected chi connectivity index (χ0v) is 20.3. The van der Waals surface area contributed by atoms with E-state index in [-0.39, 0.29) is 17.3 Å². The maximum absolute atomic E-state index is 13.3. The minimum Gasteiger partial charge on any atom is -0.469 e. The summed E-state index contributed by atoms with van der Waals surface area (Å²) in [7, 11) is 1.48. The largest absolute Gasteiger partial charge is 0.469 e. The molecule has 29 heavy (non-hydrogen) atoms. The second-order valence-electron chi connectivity index (χ2n) is 11.3. The first kappa shape index (κ1) is 21.8. The highest BCUT2D eigenvalue weighted by molar-refractivity contribution is 9.09. The van der Waals surface area contributed by atoms with Gasteiger partial charge in [0.25, 0.3) is 0 Å². The van der Waals surface area contributed by atoms with E-state index in [1.165, 1.54) is 45.6 Å². The van der Waals surface area contributed by atoms with Crippen LogP contribution in [0.25, 0.3) is 0 Å². The molecule has 3 nitrogen and oxygen atoms in total. The number of carbonyl (C=O) groups excluding carboxylic acids is 2. The number of ether oxygens (including phenoxy) is 1. The molecule has 0 aromatic rings. The van der Waals surface area contributed by atoms with Gasteiger partial charge in [0.1, 0.15) is 5.78 Å². The number of halogens is 1. The lowest BCUT2D eigenvalue weighted by Crippen LogP contribution is -2.56. The van der Waals surface area contributed by atoms with Crippen LogP contribution in [-0.4, -0.2) is 23.7 Å². The number of hydrogen-bond acceptors (Lipinski definition) is 3. The summed E-state index contributed by atoms with van der Waals surface area (Å²) in [6.07, 6.45) is 10.9. The van der Waals surface area contributed by atoms with Gasteiger partial charge in [-0.25, -0.2) is 0 Å². The fourth-order valence-electron chi connectivity index (χ4n) is 8.62. The molecule has 0 aromatic carbocycles. The summed E-state index contributed by atoms with van der Waals surface area (Å²) in [4.78, 5) is 25.5. The normalized spacial score (nSPS) is 47.7. The van der Waals surface area contributed by atoms with Gasteiger partial charge in [0.2, 0.25) is 0 Å². The lowest BCUT2D eigenvalue weighted by Gasteiger charge is -2.60. The van der Waals surface area contributed by atoms with E-state index in [1.54, 1.807) is 0 Å². The molecule has 4 heteroatoms. The summed E-state index contributed by atoms with van der Waals surface area (Å²) in [6.45, 7) is 7.32. The summed E-state index contributed by atoms with van der Waals surface area (Å²) < 4.78 is 4.87. The van der Waals surface area contributed by atoms with Gasteiger partial charge in [-0.15, -0.1) is 0 Å². The molecule has 0 heterocycles. The number of hydrogen-bond donors (Lipinski definition) is 0. The molecular formula is C25H39BrO3. The van der Waals surface area contributed by atoms with Crippen LogP contribution in [0.3, 0.4) is 0 Å². The van der Waals surface area contributed by atoms with Gasteiger partial charge in [0.15, 0.2) is 0 Å². The van der Waals surface area contributed by atoms with E-state index in [4.69, 9.17) is 4.74 Å². The predicted octanol–water partition coefficient (Wildman–Crippen LogP) is 6.18. The van der Waals surface area contributed by atoms with Crippen LogP contribution in [0.1, 0.15) is 85.0 Å². The summed E-state index contributed by atoms with van der Waals surface area (Å²) in [5, 5.41) is 0. The van der Waals surface area contributed by atoms with Crippen LogP contribution in [0, 0.1) is 46.3 Å². The Hall–Kier alpha value is -0.380. The highest BCUT2D eigenvalue weighted by atomic mass is 79.9. The van der Waals surface area contributed by atoms with Crippen LogP contribution in [0.15, 0.2) is 0 Å². The second kappa shape index (κ2) is 7.95. The van der Waals surface area contributed by atoms with Crippen molar-refractivity contribution in [3.8, 4) is 0 Å². The molecule has 0 saturated heterocycles. The van der Waals surface area contributed by atoms with Crippen LogP contribution < -0.4 is 0 Å². The molecular weight excluding hydrogens is 428 g/mol. The molecule has 4 aliphatic rings. The monoisotopic (exact) mass is 466 g/mol. The topological polar surface area (TPSA) is 43.4 Å². The van der Waals surface area contributed by atoms with Gasteiger partial charge < -0.3 is 4.74 Å². The van der Waals surface area contributed by atoms with E-state index in [1.807, 2.05) is 0 Å². The van der Waals surface area contributed by atoms with Crippen molar-refractivity contribution in [1.82, 2.24) is 0 Å². The fourth-order valence-corrected chi connectivity index (χ4v) is 9.22. The third-order valence-electron chi connectivity index (χ3n) is 10.2. The lowest BCUT2D eigenvalue weighted by atomic mass is 9.44. The first-order chi connectivity index (χ1) is 13.7. The molecule has 0 N–H and O–H groups in total. The highest BCUT2D eigenvalue weighted by Gasteiger charge is 2.62. The van der Waals surface area contributed by atoms with E-state index < -0.39 is 0 Å². The van der Waals surface area contributed by atoms with E-state index in [9.17, 15) is 9.59 Å². The Bertz CT molecular complexity index is 662. The molecule has 0 radical (unpaired) electrons. The van der Waals surface area contributed by atoms with Crippen molar-refractivity contribution >= 4 is 27.7 Å². The van der Waals surface area contributed by atoms with Crippen molar-refractivity contribution in [1.29, 1.82) is 0 Å². The number of Topliss-reactive ketones (excluding diaryl/α,β-unsaturated/α-hetero) is 1. The van der Waals surface area contributed by atoms with Gasteiger partial charge in [-0.05, 0) is 91.8 Å². The third-order valence-corrected chi connectivity index (χ3v) is 11.0. The third kappa shape index (κ3) is 3.53. The van der Waals surface area contributed by atoms with Crippen molar-refractivity contribution in [2.24, 2.45) is 46.3 Å². The fraction of sp³-hybridized carbons (Fsp3) is 0.920. The number of ketones is 1.